The number of nitrogens with zero attached hydrogens (tertiary/aromatic N) is 4. The van der Waals surface area contributed by atoms with Gasteiger partial charge in [0.25, 0.3) is 0 Å². The maximum atomic E-state index is 12.9. The maximum Gasteiger partial charge on any atom is 0.249 e. The van der Waals surface area contributed by atoms with Crippen molar-refractivity contribution in [2.24, 2.45) is 0 Å². The van der Waals surface area contributed by atoms with Crippen molar-refractivity contribution in [3.05, 3.63) is 42.7 Å². The molecule has 0 saturated heterocycles. The van der Waals surface area contributed by atoms with Gasteiger partial charge < -0.3 is 14.8 Å². The zero-order valence-electron chi connectivity index (χ0n) is 14.5. The van der Waals surface area contributed by atoms with Crippen LogP contribution in [0.2, 0.25) is 0 Å². The summed E-state index contributed by atoms with van der Waals surface area (Å²) in [5.41, 5.74) is 1.22. The summed E-state index contributed by atoms with van der Waals surface area (Å²) in [4.78, 5) is 33.3. The highest BCUT2D eigenvalue weighted by Crippen LogP contribution is 2.35. The summed E-state index contributed by atoms with van der Waals surface area (Å²) in [6.45, 7) is 0.148. The van der Waals surface area contributed by atoms with Crippen LogP contribution in [0.25, 0.3) is 11.4 Å². The first-order chi connectivity index (χ1) is 13.7. The third-order valence-corrected chi connectivity index (χ3v) is 4.42. The van der Waals surface area contributed by atoms with Gasteiger partial charge in [0.1, 0.15) is 6.04 Å². The van der Waals surface area contributed by atoms with E-state index in [4.69, 9.17) is 9.47 Å². The number of nitrogens with one attached hydrogen (secondary N) is 2. The van der Waals surface area contributed by atoms with Crippen molar-refractivity contribution in [1.82, 2.24) is 19.7 Å². The zero-order valence-corrected chi connectivity index (χ0v) is 14.5. The van der Waals surface area contributed by atoms with Crippen LogP contribution >= 0.6 is 0 Å². The summed E-state index contributed by atoms with van der Waals surface area (Å²) in [5, 5.41) is 9.85. The quantitative estimate of drug-likeness (QED) is 0.710. The molecule has 0 aliphatic carbocycles. The van der Waals surface area contributed by atoms with Gasteiger partial charge in [-0.15, -0.1) is 5.10 Å². The maximum absolute atomic E-state index is 12.9. The van der Waals surface area contributed by atoms with Crippen molar-refractivity contribution in [3.63, 3.8) is 0 Å². The SMILES string of the molecule is O=C1CC(C(=O)Nc2ccc3c(c2)OCO3)n2nc(-c3cccnc3)nc2N1. The molecule has 2 N–H and O–H groups in total. The van der Waals surface area contributed by atoms with E-state index in [1.807, 2.05) is 0 Å². The number of carbonyl (C=O) groups excluding carboxylic acids is 2. The fourth-order valence-electron chi connectivity index (χ4n) is 3.08. The summed E-state index contributed by atoms with van der Waals surface area (Å²) >= 11 is 0. The minimum atomic E-state index is -0.827. The van der Waals surface area contributed by atoms with Crippen LogP contribution in [0.4, 0.5) is 11.6 Å². The first-order valence-corrected chi connectivity index (χ1v) is 8.55. The highest BCUT2D eigenvalue weighted by atomic mass is 16.7. The first kappa shape index (κ1) is 16.2. The number of anilines is 2. The van der Waals surface area contributed by atoms with Crippen molar-refractivity contribution in [2.75, 3.05) is 17.4 Å². The molecule has 0 saturated carbocycles. The lowest BCUT2D eigenvalue weighted by Gasteiger charge is -2.22. The minimum Gasteiger partial charge on any atom is -0.454 e. The Kier molecular flexibility index (Phi) is 3.68. The molecule has 5 rings (SSSR count). The van der Waals surface area contributed by atoms with Crippen molar-refractivity contribution < 1.29 is 19.1 Å². The Morgan fingerprint density at radius 3 is 3.00 bits per heavy atom. The van der Waals surface area contributed by atoms with E-state index in [0.29, 0.717) is 28.6 Å². The average molecular weight is 378 g/mol. The van der Waals surface area contributed by atoms with E-state index >= 15 is 0 Å². The molecule has 3 aromatic rings. The van der Waals surface area contributed by atoms with Crippen LogP contribution in [0.5, 0.6) is 11.5 Å². The fourth-order valence-corrected chi connectivity index (χ4v) is 3.08. The minimum absolute atomic E-state index is 0.0424. The van der Waals surface area contributed by atoms with Gasteiger partial charge in [-0.3, -0.25) is 19.9 Å². The molecule has 2 amide bonds. The molecule has 1 atom stereocenters. The molecule has 10 heteroatoms. The Hall–Kier alpha value is -3.95. The van der Waals surface area contributed by atoms with Crippen LogP contribution in [-0.2, 0) is 9.59 Å². The molecule has 2 aliphatic rings. The van der Waals surface area contributed by atoms with E-state index in [9.17, 15) is 9.59 Å². The Morgan fingerprint density at radius 2 is 2.14 bits per heavy atom. The van der Waals surface area contributed by atoms with Crippen molar-refractivity contribution in [2.45, 2.75) is 12.5 Å². The second-order valence-electron chi connectivity index (χ2n) is 6.27. The molecule has 0 spiro atoms. The molecule has 4 heterocycles. The van der Waals surface area contributed by atoms with E-state index < -0.39 is 6.04 Å². The molecule has 28 heavy (non-hydrogen) atoms. The summed E-state index contributed by atoms with van der Waals surface area (Å²) in [7, 11) is 0. The fraction of sp³-hybridized carbons (Fsp3) is 0.167. The Labute approximate surface area is 158 Å². The highest BCUT2D eigenvalue weighted by molar-refractivity contribution is 6.01. The number of pyridine rings is 1. The lowest BCUT2D eigenvalue weighted by Crippen LogP contribution is -2.36. The van der Waals surface area contributed by atoms with Gasteiger partial charge in [-0.25, -0.2) is 4.68 Å². The average Bonchev–Trinajstić information content (AvgIpc) is 3.34. The molecule has 140 valence electrons. The lowest BCUT2D eigenvalue weighted by molar-refractivity contribution is -0.125. The van der Waals surface area contributed by atoms with Crippen molar-refractivity contribution in [1.29, 1.82) is 0 Å². The third kappa shape index (κ3) is 2.80. The van der Waals surface area contributed by atoms with Crippen molar-refractivity contribution >= 4 is 23.5 Å². The normalized spacial score (nSPS) is 17.0. The van der Waals surface area contributed by atoms with Crippen LogP contribution in [-0.4, -0.2) is 38.4 Å². The smallest absolute Gasteiger partial charge is 0.249 e. The molecule has 0 bridgehead atoms. The van der Waals surface area contributed by atoms with Crippen LogP contribution in [0.1, 0.15) is 12.5 Å². The zero-order chi connectivity index (χ0) is 19.1. The van der Waals surface area contributed by atoms with Crippen molar-refractivity contribution in [3.8, 4) is 22.9 Å². The summed E-state index contributed by atoms with van der Waals surface area (Å²) in [6.07, 6.45) is 3.22. The van der Waals surface area contributed by atoms with Gasteiger partial charge in [-0.2, -0.15) is 4.98 Å². The predicted octanol–water partition coefficient (Wildman–Crippen LogP) is 1.59. The van der Waals surface area contributed by atoms with Crippen LogP contribution < -0.4 is 20.1 Å². The largest absolute Gasteiger partial charge is 0.454 e. The molecular formula is C18H14N6O4. The lowest BCUT2D eigenvalue weighted by atomic mass is 10.1. The molecular weight excluding hydrogens is 364 g/mol. The molecule has 2 aromatic heterocycles. The van der Waals surface area contributed by atoms with E-state index in [2.05, 4.69) is 25.7 Å². The number of hydrogen-bond donors (Lipinski definition) is 2. The van der Waals surface area contributed by atoms with Crippen LogP contribution in [0, 0.1) is 0 Å². The molecule has 1 unspecified atom stereocenters. The Balaban J connectivity index is 1.43. The van der Waals surface area contributed by atoms with Gasteiger partial charge in [-0.1, -0.05) is 0 Å². The number of benzene rings is 1. The molecule has 0 fully saturated rings. The number of fused-ring (bicyclic) bond motifs is 2. The molecule has 2 aliphatic heterocycles. The summed E-state index contributed by atoms with van der Waals surface area (Å²) < 4.78 is 12.0. The first-order valence-electron chi connectivity index (χ1n) is 8.55. The van der Waals surface area contributed by atoms with Gasteiger partial charge in [-0.05, 0) is 24.3 Å². The molecule has 1 aromatic carbocycles. The number of hydrogen-bond acceptors (Lipinski definition) is 7. The number of amides is 2. The Bertz CT molecular complexity index is 1080. The number of ether oxygens (including phenoxy) is 2. The van der Waals surface area contributed by atoms with Gasteiger partial charge in [0.2, 0.25) is 24.6 Å². The third-order valence-electron chi connectivity index (χ3n) is 4.42. The number of carbonyl (C=O) groups is 2. The number of rotatable bonds is 3. The van der Waals surface area contributed by atoms with E-state index in [-0.39, 0.29) is 31.0 Å². The van der Waals surface area contributed by atoms with E-state index in [0.717, 1.165) is 0 Å². The van der Waals surface area contributed by atoms with Gasteiger partial charge in [0.05, 0.1) is 6.42 Å². The molecule has 0 radical (unpaired) electrons. The van der Waals surface area contributed by atoms with Crippen LogP contribution in [0.15, 0.2) is 42.7 Å². The highest BCUT2D eigenvalue weighted by Gasteiger charge is 2.33. The van der Waals surface area contributed by atoms with E-state index in [1.54, 1.807) is 42.7 Å². The topological polar surface area (TPSA) is 120 Å². The van der Waals surface area contributed by atoms with Gasteiger partial charge in [0.15, 0.2) is 17.3 Å². The summed E-state index contributed by atoms with van der Waals surface area (Å²) in [6, 6.07) is 7.83. The second kappa shape index (κ2) is 6.34. The second-order valence-corrected chi connectivity index (χ2v) is 6.27. The van der Waals surface area contributed by atoms with Gasteiger partial charge >= 0.3 is 0 Å². The Morgan fingerprint density at radius 1 is 1.25 bits per heavy atom. The number of aromatic nitrogens is 4. The summed E-state index contributed by atoms with van der Waals surface area (Å²) in [5.74, 6) is 1.10. The van der Waals surface area contributed by atoms with E-state index in [1.165, 1.54) is 4.68 Å². The molecule has 10 nitrogen and oxygen atoms in total. The standard InChI is InChI=1S/C18H14N6O4/c25-15-7-12(17(26)20-11-3-4-13-14(6-11)28-9-27-13)24-18(21-15)22-16(23-24)10-2-1-5-19-8-10/h1-6,8,12H,7,9H2,(H,20,26)(H,21,22,23,25). The van der Waals surface area contributed by atoms with Gasteiger partial charge in [0, 0.05) is 29.7 Å². The van der Waals surface area contributed by atoms with Crippen LogP contribution in [0.3, 0.4) is 0 Å². The predicted molar refractivity (Wildman–Crippen MR) is 96.7 cm³/mol. The monoisotopic (exact) mass is 378 g/mol.